The van der Waals surface area contributed by atoms with Gasteiger partial charge in [-0.25, -0.2) is 0 Å². The second-order valence-electron chi connectivity index (χ2n) is 5.32. The van der Waals surface area contributed by atoms with E-state index in [2.05, 4.69) is 10.1 Å². The maximum Gasteiger partial charge on any atom is 0.240 e. The fraction of sp³-hybridized carbons (Fsp3) is 0.833. The van der Waals surface area contributed by atoms with E-state index in [0.29, 0.717) is 18.3 Å². The van der Waals surface area contributed by atoms with Gasteiger partial charge in [0.05, 0.1) is 12.1 Å². The molecule has 0 spiro atoms. The second kappa shape index (κ2) is 8.04. The lowest BCUT2D eigenvalue weighted by molar-refractivity contribution is 0.292. The lowest BCUT2D eigenvalue weighted by atomic mass is 9.91. The highest BCUT2D eigenvalue weighted by Crippen LogP contribution is 2.31. The first-order valence-electron chi connectivity index (χ1n) is 6.37. The maximum absolute atomic E-state index is 6.43. The monoisotopic (exact) mass is 310 g/mol. The van der Waals surface area contributed by atoms with Crippen LogP contribution in [0, 0.1) is 0 Å². The zero-order chi connectivity index (χ0) is 12.3. The molecule has 0 unspecified atom stereocenters. The largest absolute Gasteiger partial charge is 0.338 e. The van der Waals surface area contributed by atoms with E-state index in [1.807, 2.05) is 19.0 Å². The summed E-state index contributed by atoms with van der Waals surface area (Å²) >= 11 is 0. The van der Waals surface area contributed by atoms with Gasteiger partial charge < -0.3 is 15.2 Å². The average Bonchev–Trinajstić information content (AvgIpc) is 2.60. The average molecular weight is 311 g/mol. The highest BCUT2D eigenvalue weighted by molar-refractivity contribution is 5.85. The van der Waals surface area contributed by atoms with E-state index in [0.717, 1.165) is 25.7 Å². The number of aromatic nitrogens is 2. The molecule has 1 aliphatic rings. The molecule has 2 rings (SSSR count). The molecule has 112 valence electrons. The van der Waals surface area contributed by atoms with E-state index in [4.69, 9.17) is 10.3 Å². The van der Waals surface area contributed by atoms with Crippen LogP contribution in [0.25, 0.3) is 0 Å². The van der Waals surface area contributed by atoms with Crippen molar-refractivity contribution < 1.29 is 4.52 Å². The predicted molar refractivity (Wildman–Crippen MR) is 79.8 cm³/mol. The van der Waals surface area contributed by atoms with Gasteiger partial charge >= 0.3 is 0 Å². The maximum atomic E-state index is 6.43. The van der Waals surface area contributed by atoms with Crippen LogP contribution in [-0.4, -0.2) is 29.1 Å². The molecule has 0 bridgehead atoms. The normalized spacial score (nSPS) is 18.3. The molecule has 2 N–H and O–H groups in total. The standard InChI is InChI=1S/C12H22N4O.2ClH/c1-16(2)9-10-14-11(15-17-10)12(13)7-5-3-4-6-8-12;;/h3-9,13H2,1-2H3;2*1H. The summed E-state index contributed by atoms with van der Waals surface area (Å²) in [6, 6.07) is 0. The minimum atomic E-state index is -0.370. The Hall–Kier alpha value is -0.360. The van der Waals surface area contributed by atoms with Crippen LogP contribution in [0.5, 0.6) is 0 Å². The molecule has 0 amide bonds. The number of nitrogens with zero attached hydrogens (tertiary/aromatic N) is 3. The molecule has 0 saturated heterocycles. The van der Waals surface area contributed by atoms with Crippen molar-refractivity contribution in [3.63, 3.8) is 0 Å². The molecule has 0 aliphatic heterocycles. The van der Waals surface area contributed by atoms with E-state index < -0.39 is 0 Å². The topological polar surface area (TPSA) is 68.2 Å². The Balaban J connectivity index is 0.00000162. The smallest absolute Gasteiger partial charge is 0.240 e. The number of hydrogen-bond donors (Lipinski definition) is 1. The van der Waals surface area contributed by atoms with Crippen molar-refractivity contribution in [3.8, 4) is 0 Å². The molecule has 5 nitrogen and oxygen atoms in total. The van der Waals surface area contributed by atoms with Crippen LogP contribution in [-0.2, 0) is 12.1 Å². The highest BCUT2D eigenvalue weighted by Gasteiger charge is 2.33. The fourth-order valence-corrected chi connectivity index (χ4v) is 2.37. The molecule has 1 saturated carbocycles. The van der Waals surface area contributed by atoms with Gasteiger partial charge in [0, 0.05) is 0 Å². The molecule has 0 atom stereocenters. The lowest BCUT2D eigenvalue weighted by Crippen LogP contribution is -2.37. The van der Waals surface area contributed by atoms with Crippen molar-refractivity contribution >= 4 is 24.8 Å². The van der Waals surface area contributed by atoms with E-state index in [1.165, 1.54) is 12.8 Å². The van der Waals surface area contributed by atoms with Crippen molar-refractivity contribution in [1.29, 1.82) is 0 Å². The summed E-state index contributed by atoms with van der Waals surface area (Å²) in [7, 11) is 3.96. The van der Waals surface area contributed by atoms with Gasteiger partial charge in [-0.1, -0.05) is 30.8 Å². The van der Waals surface area contributed by atoms with E-state index in [9.17, 15) is 0 Å². The Labute approximate surface area is 127 Å². The van der Waals surface area contributed by atoms with Gasteiger partial charge in [-0.2, -0.15) is 4.98 Å². The second-order valence-corrected chi connectivity index (χ2v) is 5.32. The molecule has 0 aromatic carbocycles. The molecule has 1 aliphatic carbocycles. The van der Waals surface area contributed by atoms with Crippen LogP contribution in [0.4, 0.5) is 0 Å². The summed E-state index contributed by atoms with van der Waals surface area (Å²) in [4.78, 5) is 6.45. The molecule has 1 aromatic rings. The van der Waals surface area contributed by atoms with Crippen molar-refractivity contribution in [2.24, 2.45) is 5.73 Å². The predicted octanol–water partition coefficient (Wildman–Crippen LogP) is 2.48. The van der Waals surface area contributed by atoms with Gasteiger partial charge in [-0.05, 0) is 26.9 Å². The van der Waals surface area contributed by atoms with E-state index >= 15 is 0 Å². The first-order valence-corrected chi connectivity index (χ1v) is 6.37. The quantitative estimate of drug-likeness (QED) is 0.869. The van der Waals surface area contributed by atoms with Crippen LogP contribution >= 0.6 is 24.8 Å². The molecular formula is C12H24Cl2N4O. The molecule has 7 heteroatoms. The number of halogens is 2. The molecule has 0 radical (unpaired) electrons. The van der Waals surface area contributed by atoms with Crippen LogP contribution in [0.2, 0.25) is 0 Å². The third-order valence-corrected chi connectivity index (χ3v) is 3.36. The van der Waals surface area contributed by atoms with Crippen LogP contribution in [0.3, 0.4) is 0 Å². The van der Waals surface area contributed by atoms with Crippen molar-refractivity contribution in [1.82, 2.24) is 15.0 Å². The summed E-state index contributed by atoms with van der Waals surface area (Å²) in [5, 5.41) is 4.07. The summed E-state index contributed by atoms with van der Waals surface area (Å²) in [6.45, 7) is 0.670. The van der Waals surface area contributed by atoms with Crippen molar-refractivity contribution in [3.05, 3.63) is 11.7 Å². The van der Waals surface area contributed by atoms with Crippen LogP contribution in [0.15, 0.2) is 4.52 Å². The van der Waals surface area contributed by atoms with Gasteiger partial charge in [0.25, 0.3) is 0 Å². The van der Waals surface area contributed by atoms with E-state index in [-0.39, 0.29) is 30.4 Å². The van der Waals surface area contributed by atoms with Crippen LogP contribution < -0.4 is 5.73 Å². The number of nitrogens with two attached hydrogens (primary N) is 1. The highest BCUT2D eigenvalue weighted by atomic mass is 35.5. The SMILES string of the molecule is CN(C)Cc1nc(C2(N)CCCCCC2)no1.Cl.Cl. The summed E-state index contributed by atoms with van der Waals surface area (Å²) < 4.78 is 5.25. The Morgan fingerprint density at radius 2 is 1.74 bits per heavy atom. The zero-order valence-electron chi connectivity index (χ0n) is 11.6. The molecule has 1 aromatic heterocycles. The van der Waals surface area contributed by atoms with Gasteiger partial charge in [-0.15, -0.1) is 24.8 Å². The first-order chi connectivity index (χ1) is 8.10. The fourth-order valence-electron chi connectivity index (χ4n) is 2.37. The Morgan fingerprint density at radius 1 is 1.16 bits per heavy atom. The van der Waals surface area contributed by atoms with Crippen LogP contribution in [0.1, 0.15) is 50.2 Å². The Morgan fingerprint density at radius 3 is 2.26 bits per heavy atom. The minimum Gasteiger partial charge on any atom is -0.338 e. The summed E-state index contributed by atoms with van der Waals surface area (Å²) in [6.07, 6.45) is 6.78. The zero-order valence-corrected chi connectivity index (χ0v) is 13.2. The van der Waals surface area contributed by atoms with Crippen molar-refractivity contribution in [2.75, 3.05) is 14.1 Å². The first kappa shape index (κ1) is 18.6. The molecular weight excluding hydrogens is 287 g/mol. The number of rotatable bonds is 3. The van der Waals surface area contributed by atoms with Gasteiger partial charge in [0.15, 0.2) is 5.82 Å². The number of hydrogen-bond acceptors (Lipinski definition) is 5. The van der Waals surface area contributed by atoms with Crippen molar-refractivity contribution in [2.45, 2.75) is 50.6 Å². The van der Waals surface area contributed by atoms with Gasteiger partial charge in [-0.3, -0.25) is 0 Å². The Kier molecular flexibility index (Phi) is 7.89. The Bertz CT molecular complexity index is 362. The third-order valence-electron chi connectivity index (χ3n) is 3.36. The van der Waals surface area contributed by atoms with E-state index in [1.54, 1.807) is 0 Å². The summed E-state index contributed by atoms with van der Waals surface area (Å²) in [5.74, 6) is 1.34. The molecule has 1 heterocycles. The minimum absolute atomic E-state index is 0. The lowest BCUT2D eigenvalue weighted by Gasteiger charge is -2.23. The summed E-state index contributed by atoms with van der Waals surface area (Å²) in [5.41, 5.74) is 6.06. The van der Waals surface area contributed by atoms with Gasteiger partial charge in [0.2, 0.25) is 5.89 Å². The van der Waals surface area contributed by atoms with Gasteiger partial charge in [0.1, 0.15) is 0 Å². The third kappa shape index (κ3) is 4.91. The molecule has 19 heavy (non-hydrogen) atoms. The molecule has 1 fully saturated rings.